The molecule has 1 aliphatic rings. The Hall–Kier alpha value is -1.77. The van der Waals surface area contributed by atoms with Crippen molar-refractivity contribution in [3.05, 3.63) is 42.5 Å². The Labute approximate surface area is 142 Å². The molecule has 0 unspecified atom stereocenters. The van der Waals surface area contributed by atoms with Crippen molar-refractivity contribution in [1.82, 2.24) is 19.5 Å². The zero-order valence-electron chi connectivity index (χ0n) is 13.6. The minimum atomic E-state index is -3.33. The number of benzene rings is 1. The first kappa shape index (κ1) is 17.1. The van der Waals surface area contributed by atoms with Crippen molar-refractivity contribution in [3.63, 3.8) is 0 Å². The molecule has 0 bridgehead atoms. The molecule has 0 spiro atoms. The van der Waals surface area contributed by atoms with E-state index in [9.17, 15) is 8.42 Å². The van der Waals surface area contributed by atoms with Crippen molar-refractivity contribution in [3.8, 4) is 5.69 Å². The van der Waals surface area contributed by atoms with Crippen LogP contribution in [0.3, 0.4) is 0 Å². The predicted molar refractivity (Wildman–Crippen MR) is 90.3 cm³/mol. The highest BCUT2D eigenvalue weighted by Gasteiger charge is 2.21. The highest BCUT2D eigenvalue weighted by molar-refractivity contribution is 7.89. The molecule has 0 amide bonds. The van der Waals surface area contributed by atoms with Gasteiger partial charge in [0.15, 0.2) is 0 Å². The molecule has 24 heavy (non-hydrogen) atoms. The molecule has 2 atom stereocenters. The summed E-state index contributed by atoms with van der Waals surface area (Å²) < 4.78 is 34.3. The highest BCUT2D eigenvalue weighted by atomic mass is 32.2. The average molecular weight is 350 g/mol. The quantitative estimate of drug-likeness (QED) is 0.823. The fraction of sp³-hybridized carbons (Fsp3) is 0.500. The van der Waals surface area contributed by atoms with Crippen molar-refractivity contribution in [1.29, 1.82) is 0 Å². The van der Waals surface area contributed by atoms with Crippen LogP contribution in [0.2, 0.25) is 0 Å². The molecule has 1 fully saturated rings. The standard InChI is InChI=1S/C16H22N4O3S/c1-13(19-24(21,22)10-8-16-3-2-9-23-16)14-4-6-15(7-5-14)20-12-17-11-18-20/h4-7,11-13,16,19H,2-3,8-10H2,1H3/t13-,16+/m1/s1. The Morgan fingerprint density at radius 2 is 2.17 bits per heavy atom. The molecule has 8 heteroatoms. The number of sulfonamides is 1. The Morgan fingerprint density at radius 3 is 2.79 bits per heavy atom. The van der Waals surface area contributed by atoms with E-state index in [-0.39, 0.29) is 17.9 Å². The molecule has 1 aromatic carbocycles. The third-order valence-electron chi connectivity index (χ3n) is 4.17. The summed E-state index contributed by atoms with van der Waals surface area (Å²) in [5.41, 5.74) is 1.78. The molecule has 2 aromatic rings. The minimum Gasteiger partial charge on any atom is -0.378 e. The van der Waals surface area contributed by atoms with Crippen LogP contribution in [0, 0.1) is 0 Å². The van der Waals surface area contributed by atoms with E-state index in [0.29, 0.717) is 6.42 Å². The van der Waals surface area contributed by atoms with Crippen LogP contribution in [0.4, 0.5) is 0 Å². The summed E-state index contributed by atoms with van der Waals surface area (Å²) in [5, 5.41) is 4.06. The first-order chi connectivity index (χ1) is 11.5. The summed E-state index contributed by atoms with van der Waals surface area (Å²) >= 11 is 0. The number of aromatic nitrogens is 3. The van der Waals surface area contributed by atoms with Gasteiger partial charge in [-0.15, -0.1) is 0 Å². The number of rotatable bonds is 7. The number of hydrogen-bond donors (Lipinski definition) is 1. The molecule has 0 aliphatic carbocycles. The largest absolute Gasteiger partial charge is 0.378 e. The van der Waals surface area contributed by atoms with Gasteiger partial charge in [-0.3, -0.25) is 0 Å². The van der Waals surface area contributed by atoms with Crippen LogP contribution in [0.15, 0.2) is 36.9 Å². The highest BCUT2D eigenvalue weighted by Crippen LogP contribution is 2.18. The SMILES string of the molecule is C[C@@H](NS(=O)(=O)CC[C@@H]1CCCO1)c1ccc(-n2cncn2)cc1. The maximum atomic E-state index is 12.2. The van der Waals surface area contributed by atoms with E-state index in [0.717, 1.165) is 30.7 Å². The van der Waals surface area contributed by atoms with E-state index in [1.807, 2.05) is 31.2 Å². The van der Waals surface area contributed by atoms with Crippen LogP contribution < -0.4 is 4.72 Å². The summed E-state index contributed by atoms with van der Waals surface area (Å²) in [7, 11) is -3.33. The van der Waals surface area contributed by atoms with E-state index in [1.165, 1.54) is 6.33 Å². The maximum Gasteiger partial charge on any atom is 0.212 e. The van der Waals surface area contributed by atoms with Gasteiger partial charge in [-0.1, -0.05) is 12.1 Å². The molecule has 0 saturated carbocycles. The monoisotopic (exact) mass is 350 g/mol. The van der Waals surface area contributed by atoms with Gasteiger partial charge in [-0.25, -0.2) is 22.8 Å². The fourth-order valence-electron chi connectivity index (χ4n) is 2.81. The Balaban J connectivity index is 1.58. The summed E-state index contributed by atoms with van der Waals surface area (Å²) in [5.74, 6) is 0.0963. The van der Waals surface area contributed by atoms with Gasteiger partial charge >= 0.3 is 0 Å². The third-order valence-corrected chi connectivity index (χ3v) is 5.65. The van der Waals surface area contributed by atoms with Crippen molar-refractivity contribution in [2.45, 2.75) is 38.3 Å². The second-order valence-corrected chi connectivity index (χ2v) is 7.89. The second-order valence-electron chi connectivity index (χ2n) is 6.01. The molecule has 130 valence electrons. The fourth-order valence-corrected chi connectivity index (χ4v) is 4.18. The third kappa shape index (κ3) is 4.40. The lowest BCUT2D eigenvalue weighted by Crippen LogP contribution is -2.30. The minimum absolute atomic E-state index is 0.0823. The normalized spacial score (nSPS) is 19.5. The van der Waals surface area contributed by atoms with Crippen LogP contribution >= 0.6 is 0 Å². The zero-order chi connectivity index (χ0) is 17.0. The van der Waals surface area contributed by atoms with Gasteiger partial charge in [0.1, 0.15) is 12.7 Å². The summed E-state index contributed by atoms with van der Waals surface area (Å²) in [6.45, 7) is 2.58. The number of nitrogens with one attached hydrogen (secondary N) is 1. The molecule has 3 rings (SSSR count). The first-order valence-corrected chi connectivity index (χ1v) is 9.75. The molecule has 1 aliphatic heterocycles. The number of ether oxygens (including phenoxy) is 1. The topological polar surface area (TPSA) is 86.1 Å². The summed E-state index contributed by atoms with van der Waals surface area (Å²) in [4.78, 5) is 3.91. The molecule has 7 nitrogen and oxygen atoms in total. The second kappa shape index (κ2) is 7.42. The number of hydrogen-bond acceptors (Lipinski definition) is 5. The molecule has 2 heterocycles. The maximum absolute atomic E-state index is 12.2. The Bertz CT molecular complexity index is 738. The van der Waals surface area contributed by atoms with Crippen LogP contribution in [0.25, 0.3) is 5.69 Å². The van der Waals surface area contributed by atoms with Crippen LogP contribution in [0.1, 0.15) is 37.8 Å². The first-order valence-electron chi connectivity index (χ1n) is 8.10. The van der Waals surface area contributed by atoms with Crippen molar-refractivity contribution in [2.75, 3.05) is 12.4 Å². The van der Waals surface area contributed by atoms with Crippen molar-refractivity contribution in [2.24, 2.45) is 0 Å². The van der Waals surface area contributed by atoms with Gasteiger partial charge in [0, 0.05) is 12.6 Å². The van der Waals surface area contributed by atoms with Gasteiger partial charge in [-0.2, -0.15) is 5.10 Å². The lowest BCUT2D eigenvalue weighted by molar-refractivity contribution is 0.108. The average Bonchev–Trinajstić information content (AvgIpc) is 3.26. The van der Waals surface area contributed by atoms with Gasteiger partial charge in [0.05, 0.1) is 17.5 Å². The van der Waals surface area contributed by atoms with E-state index < -0.39 is 10.0 Å². The lowest BCUT2D eigenvalue weighted by Gasteiger charge is -2.16. The number of nitrogens with zero attached hydrogens (tertiary/aromatic N) is 3. The van der Waals surface area contributed by atoms with Crippen molar-refractivity contribution < 1.29 is 13.2 Å². The van der Waals surface area contributed by atoms with Gasteiger partial charge in [0.25, 0.3) is 0 Å². The molecule has 1 aromatic heterocycles. The molecule has 1 saturated heterocycles. The smallest absolute Gasteiger partial charge is 0.212 e. The van der Waals surface area contributed by atoms with Crippen LogP contribution in [0.5, 0.6) is 0 Å². The van der Waals surface area contributed by atoms with Crippen LogP contribution in [-0.2, 0) is 14.8 Å². The summed E-state index contributed by atoms with van der Waals surface area (Å²) in [6, 6.07) is 7.28. The Morgan fingerprint density at radius 1 is 1.38 bits per heavy atom. The van der Waals surface area contributed by atoms with E-state index in [2.05, 4.69) is 14.8 Å². The van der Waals surface area contributed by atoms with E-state index in [4.69, 9.17) is 4.74 Å². The molecular weight excluding hydrogens is 328 g/mol. The summed E-state index contributed by atoms with van der Waals surface area (Å²) in [6.07, 6.45) is 5.69. The van der Waals surface area contributed by atoms with E-state index >= 15 is 0 Å². The van der Waals surface area contributed by atoms with E-state index in [1.54, 1.807) is 11.0 Å². The van der Waals surface area contributed by atoms with Crippen molar-refractivity contribution >= 4 is 10.0 Å². The molecular formula is C16H22N4O3S. The Kier molecular flexibility index (Phi) is 5.27. The zero-order valence-corrected chi connectivity index (χ0v) is 14.4. The van der Waals surface area contributed by atoms with Crippen LogP contribution in [-0.4, -0.2) is 41.6 Å². The predicted octanol–water partition coefficient (Wildman–Crippen LogP) is 1.82. The molecule has 1 N–H and O–H groups in total. The van der Waals surface area contributed by atoms with Gasteiger partial charge in [-0.05, 0) is 43.9 Å². The van der Waals surface area contributed by atoms with Gasteiger partial charge < -0.3 is 4.74 Å². The van der Waals surface area contributed by atoms with Gasteiger partial charge in [0.2, 0.25) is 10.0 Å². The lowest BCUT2D eigenvalue weighted by atomic mass is 10.1. The molecule has 0 radical (unpaired) electrons.